The molecule has 2 saturated heterocycles. The minimum atomic E-state index is 0.129. The molecule has 2 fully saturated rings. The third-order valence-corrected chi connectivity index (χ3v) is 3.57. The summed E-state index contributed by atoms with van der Waals surface area (Å²) in [7, 11) is 0. The van der Waals surface area contributed by atoms with Gasteiger partial charge in [-0.25, -0.2) is 0 Å². The first kappa shape index (κ1) is 13.8. The van der Waals surface area contributed by atoms with Crippen molar-refractivity contribution in [3.8, 4) is 0 Å². The van der Waals surface area contributed by atoms with Gasteiger partial charge in [0, 0.05) is 31.6 Å². The van der Waals surface area contributed by atoms with E-state index in [0.29, 0.717) is 13.0 Å². The molecule has 0 aromatic heterocycles. The van der Waals surface area contributed by atoms with Crippen LogP contribution in [-0.4, -0.2) is 62.3 Å². The molecule has 2 unspecified atom stereocenters. The normalized spacial score (nSPS) is 27.1. The fourth-order valence-electron chi connectivity index (χ4n) is 2.71. The van der Waals surface area contributed by atoms with Gasteiger partial charge in [-0.3, -0.25) is 4.79 Å². The van der Waals surface area contributed by atoms with Crippen LogP contribution in [0.25, 0.3) is 0 Å². The number of nitrogens with zero attached hydrogens (tertiary/aromatic N) is 1. The average molecular weight is 255 g/mol. The number of nitrogens with one attached hydrogen (secondary N) is 2. The summed E-state index contributed by atoms with van der Waals surface area (Å²) in [6, 6.07) is 0.415. The molecule has 5 nitrogen and oxygen atoms in total. The molecule has 0 aromatic carbocycles. The lowest BCUT2D eigenvalue weighted by Crippen LogP contribution is -2.47. The van der Waals surface area contributed by atoms with Crippen molar-refractivity contribution in [2.75, 3.05) is 39.4 Å². The Morgan fingerprint density at radius 3 is 2.94 bits per heavy atom. The predicted molar refractivity (Wildman–Crippen MR) is 70.5 cm³/mol. The molecule has 5 heteroatoms. The van der Waals surface area contributed by atoms with Gasteiger partial charge in [-0.1, -0.05) is 0 Å². The van der Waals surface area contributed by atoms with E-state index in [1.165, 1.54) is 25.9 Å². The van der Waals surface area contributed by atoms with E-state index in [1.807, 2.05) is 0 Å². The Morgan fingerprint density at radius 2 is 2.28 bits per heavy atom. The number of rotatable bonds is 5. The van der Waals surface area contributed by atoms with Gasteiger partial charge in [-0.05, 0) is 32.9 Å². The van der Waals surface area contributed by atoms with Crippen molar-refractivity contribution in [1.82, 2.24) is 15.5 Å². The highest BCUT2D eigenvalue weighted by Gasteiger charge is 2.19. The fourth-order valence-corrected chi connectivity index (χ4v) is 2.71. The lowest BCUT2D eigenvalue weighted by Gasteiger charge is -2.25. The Hall–Kier alpha value is -0.650. The molecule has 18 heavy (non-hydrogen) atoms. The zero-order valence-corrected chi connectivity index (χ0v) is 11.3. The van der Waals surface area contributed by atoms with Gasteiger partial charge in [0.15, 0.2) is 0 Å². The molecule has 2 heterocycles. The SMILES string of the molecule is CC(CN1CCCC1)NC(=O)CC1COCCN1. The van der Waals surface area contributed by atoms with E-state index < -0.39 is 0 Å². The zero-order valence-electron chi connectivity index (χ0n) is 11.3. The molecule has 2 N–H and O–H groups in total. The molecule has 0 aromatic rings. The molecule has 0 spiro atoms. The first-order valence-corrected chi connectivity index (χ1v) is 7.07. The molecule has 0 radical (unpaired) electrons. The molecule has 2 aliphatic rings. The molecule has 2 rings (SSSR count). The van der Waals surface area contributed by atoms with Crippen LogP contribution in [0, 0.1) is 0 Å². The summed E-state index contributed by atoms with van der Waals surface area (Å²) >= 11 is 0. The standard InChI is InChI=1S/C13H25N3O2/c1-11(9-16-5-2-3-6-16)15-13(17)8-12-10-18-7-4-14-12/h11-12,14H,2-10H2,1H3,(H,15,17). The number of ether oxygens (including phenoxy) is 1. The smallest absolute Gasteiger partial charge is 0.221 e. The molecule has 2 aliphatic heterocycles. The van der Waals surface area contributed by atoms with Crippen LogP contribution in [0.1, 0.15) is 26.2 Å². The summed E-state index contributed by atoms with van der Waals surface area (Å²) < 4.78 is 5.34. The summed E-state index contributed by atoms with van der Waals surface area (Å²) in [4.78, 5) is 14.3. The Labute approximate surface area is 109 Å². The third-order valence-electron chi connectivity index (χ3n) is 3.57. The third kappa shape index (κ3) is 4.55. The lowest BCUT2D eigenvalue weighted by atomic mass is 10.2. The highest BCUT2D eigenvalue weighted by Crippen LogP contribution is 2.07. The Kier molecular flexibility index (Phi) is 5.41. The summed E-state index contributed by atoms with van der Waals surface area (Å²) in [5.74, 6) is 0.129. The van der Waals surface area contributed by atoms with Gasteiger partial charge >= 0.3 is 0 Å². The number of carbonyl (C=O) groups excluding carboxylic acids is 1. The van der Waals surface area contributed by atoms with Crippen LogP contribution in [0.5, 0.6) is 0 Å². The molecular formula is C13H25N3O2. The van der Waals surface area contributed by atoms with Crippen LogP contribution in [0.4, 0.5) is 0 Å². The summed E-state index contributed by atoms with van der Waals surface area (Å²) in [5.41, 5.74) is 0. The van der Waals surface area contributed by atoms with Crippen molar-refractivity contribution in [3.05, 3.63) is 0 Å². The largest absolute Gasteiger partial charge is 0.378 e. The van der Waals surface area contributed by atoms with E-state index in [4.69, 9.17) is 4.74 Å². The van der Waals surface area contributed by atoms with Crippen molar-refractivity contribution in [3.63, 3.8) is 0 Å². The predicted octanol–water partition coefficient (Wildman–Crippen LogP) is -0.0346. The van der Waals surface area contributed by atoms with E-state index >= 15 is 0 Å². The number of morpholine rings is 1. The van der Waals surface area contributed by atoms with Crippen LogP contribution in [0.2, 0.25) is 0 Å². The van der Waals surface area contributed by atoms with Gasteiger partial charge < -0.3 is 20.3 Å². The van der Waals surface area contributed by atoms with Crippen LogP contribution in [-0.2, 0) is 9.53 Å². The van der Waals surface area contributed by atoms with E-state index in [0.717, 1.165) is 19.7 Å². The zero-order chi connectivity index (χ0) is 12.8. The second-order valence-electron chi connectivity index (χ2n) is 5.41. The van der Waals surface area contributed by atoms with E-state index in [-0.39, 0.29) is 18.0 Å². The van der Waals surface area contributed by atoms with E-state index in [9.17, 15) is 4.79 Å². The maximum Gasteiger partial charge on any atom is 0.221 e. The summed E-state index contributed by atoms with van der Waals surface area (Å²) in [5, 5.41) is 6.38. The number of hydrogen-bond donors (Lipinski definition) is 2. The average Bonchev–Trinajstić information content (AvgIpc) is 2.82. The topological polar surface area (TPSA) is 53.6 Å². The second-order valence-corrected chi connectivity index (χ2v) is 5.41. The number of amides is 1. The Bertz CT molecular complexity index is 261. The number of carbonyl (C=O) groups is 1. The minimum Gasteiger partial charge on any atom is -0.378 e. The molecule has 0 saturated carbocycles. The second kappa shape index (κ2) is 7.07. The van der Waals surface area contributed by atoms with Crippen molar-refractivity contribution < 1.29 is 9.53 Å². The summed E-state index contributed by atoms with van der Waals surface area (Å²) in [6.07, 6.45) is 3.11. The van der Waals surface area contributed by atoms with Gasteiger partial charge in [0.2, 0.25) is 5.91 Å². The molecule has 104 valence electrons. The lowest BCUT2D eigenvalue weighted by molar-refractivity contribution is -0.123. The molecule has 1 amide bonds. The first-order chi connectivity index (χ1) is 8.74. The maximum atomic E-state index is 11.9. The number of hydrogen-bond acceptors (Lipinski definition) is 4. The van der Waals surface area contributed by atoms with Gasteiger partial charge in [-0.2, -0.15) is 0 Å². The first-order valence-electron chi connectivity index (χ1n) is 7.07. The van der Waals surface area contributed by atoms with Crippen molar-refractivity contribution >= 4 is 5.91 Å². The van der Waals surface area contributed by atoms with E-state index in [1.54, 1.807) is 0 Å². The van der Waals surface area contributed by atoms with Crippen LogP contribution < -0.4 is 10.6 Å². The quantitative estimate of drug-likeness (QED) is 0.724. The van der Waals surface area contributed by atoms with Crippen LogP contribution in [0.3, 0.4) is 0 Å². The monoisotopic (exact) mass is 255 g/mol. The summed E-state index contributed by atoms with van der Waals surface area (Å²) in [6.45, 7) is 7.66. The van der Waals surface area contributed by atoms with Crippen LogP contribution >= 0.6 is 0 Å². The van der Waals surface area contributed by atoms with Crippen molar-refractivity contribution in [1.29, 1.82) is 0 Å². The maximum absolute atomic E-state index is 11.9. The van der Waals surface area contributed by atoms with Crippen molar-refractivity contribution in [2.24, 2.45) is 0 Å². The van der Waals surface area contributed by atoms with Gasteiger partial charge in [0.25, 0.3) is 0 Å². The Morgan fingerprint density at radius 1 is 1.50 bits per heavy atom. The van der Waals surface area contributed by atoms with Crippen LogP contribution in [0.15, 0.2) is 0 Å². The van der Waals surface area contributed by atoms with Crippen molar-refractivity contribution in [2.45, 2.75) is 38.3 Å². The highest BCUT2D eigenvalue weighted by atomic mass is 16.5. The molecule has 2 atom stereocenters. The molecular weight excluding hydrogens is 230 g/mol. The fraction of sp³-hybridized carbons (Fsp3) is 0.923. The van der Waals surface area contributed by atoms with Gasteiger partial charge in [0.1, 0.15) is 0 Å². The van der Waals surface area contributed by atoms with Gasteiger partial charge in [0.05, 0.1) is 13.2 Å². The Balaban J connectivity index is 1.62. The highest BCUT2D eigenvalue weighted by molar-refractivity contribution is 5.76. The molecule has 0 aliphatic carbocycles. The number of likely N-dealkylation sites (tertiary alicyclic amines) is 1. The minimum absolute atomic E-state index is 0.129. The van der Waals surface area contributed by atoms with E-state index in [2.05, 4.69) is 22.5 Å². The van der Waals surface area contributed by atoms with Gasteiger partial charge in [-0.15, -0.1) is 0 Å². The molecule has 0 bridgehead atoms.